The van der Waals surface area contributed by atoms with Gasteiger partial charge in [0.25, 0.3) is 6.02 Å². The molecule has 1 saturated heterocycles. The molecule has 0 aromatic heterocycles. The van der Waals surface area contributed by atoms with E-state index in [0.29, 0.717) is 12.0 Å². The summed E-state index contributed by atoms with van der Waals surface area (Å²) in [4.78, 5) is 15.4. The lowest BCUT2D eigenvalue weighted by molar-refractivity contribution is -0.117. The minimum Gasteiger partial charge on any atom is -0.457 e. The van der Waals surface area contributed by atoms with Gasteiger partial charge >= 0.3 is 0 Å². The number of hydrogen-bond acceptors (Lipinski definition) is 6. The Morgan fingerprint density at radius 1 is 1.11 bits per heavy atom. The molecule has 0 spiro atoms. The number of nitrogens with one attached hydrogen (secondary N) is 1. The Morgan fingerprint density at radius 3 is 2.41 bits per heavy atom. The van der Waals surface area contributed by atoms with Crippen LogP contribution in [-0.4, -0.2) is 37.5 Å². The maximum absolute atomic E-state index is 14.4. The van der Waals surface area contributed by atoms with Crippen LogP contribution in [0.4, 0.5) is 4.39 Å². The molecule has 0 aliphatic carbocycles. The molecule has 2 aromatic carbocycles. The number of aliphatic hydroxyl groups excluding tert-OH is 1. The van der Waals surface area contributed by atoms with E-state index in [-0.39, 0.29) is 30.4 Å². The third-order valence-corrected chi connectivity index (χ3v) is 8.42. The molecule has 9 heteroatoms. The molecule has 37 heavy (non-hydrogen) atoms. The summed E-state index contributed by atoms with van der Waals surface area (Å²) in [6.07, 6.45) is 5.62. The molecular formula is C28H37FN2O5S. The van der Waals surface area contributed by atoms with Gasteiger partial charge in [-0.05, 0) is 63.6 Å². The van der Waals surface area contributed by atoms with E-state index >= 15 is 0 Å². The van der Waals surface area contributed by atoms with Crippen molar-refractivity contribution < 1.29 is 27.4 Å². The number of aliphatic hydroxyl groups is 1. The lowest BCUT2D eigenvalue weighted by atomic mass is 9.95. The van der Waals surface area contributed by atoms with Crippen molar-refractivity contribution in [1.29, 1.82) is 0 Å². The van der Waals surface area contributed by atoms with Crippen LogP contribution in [0.15, 0.2) is 53.5 Å². The van der Waals surface area contributed by atoms with Crippen molar-refractivity contribution in [2.75, 3.05) is 6.61 Å². The first-order valence-electron chi connectivity index (χ1n) is 12.8. The molecule has 2 atom stereocenters. The highest BCUT2D eigenvalue weighted by Gasteiger charge is 2.48. The molecule has 3 rings (SSSR count). The largest absolute Gasteiger partial charge is 0.457 e. The second kappa shape index (κ2) is 12.6. The van der Waals surface area contributed by atoms with Gasteiger partial charge in [0, 0.05) is 18.6 Å². The zero-order valence-electron chi connectivity index (χ0n) is 21.7. The number of benzene rings is 2. The van der Waals surface area contributed by atoms with E-state index in [4.69, 9.17) is 4.74 Å². The van der Waals surface area contributed by atoms with Crippen molar-refractivity contribution >= 4 is 21.8 Å². The van der Waals surface area contributed by atoms with Crippen LogP contribution in [0.3, 0.4) is 0 Å². The number of unbranched alkanes of at least 4 members (excludes halogenated alkanes) is 3. The summed E-state index contributed by atoms with van der Waals surface area (Å²) in [6, 6.07) is 12.5. The Morgan fingerprint density at radius 2 is 1.78 bits per heavy atom. The van der Waals surface area contributed by atoms with Gasteiger partial charge < -0.3 is 14.6 Å². The topological polar surface area (TPSA) is 105 Å². The van der Waals surface area contributed by atoms with Crippen LogP contribution in [0.25, 0.3) is 0 Å². The van der Waals surface area contributed by atoms with Crippen LogP contribution in [0.5, 0.6) is 0 Å². The van der Waals surface area contributed by atoms with Gasteiger partial charge in [-0.25, -0.2) is 22.5 Å². The minimum absolute atomic E-state index is 0.109. The number of ether oxygens (including phenoxy) is 1. The number of ketones is 1. The number of amidine groups is 1. The number of aryl methyl sites for hydroxylation is 1. The molecule has 0 amide bonds. The summed E-state index contributed by atoms with van der Waals surface area (Å²) >= 11 is 0. The fourth-order valence-electron chi connectivity index (χ4n) is 4.73. The molecule has 202 valence electrons. The average molecular weight is 533 g/mol. The molecule has 1 heterocycles. The first-order chi connectivity index (χ1) is 17.5. The number of aliphatic imine (C=N–C) groups is 1. The van der Waals surface area contributed by atoms with Gasteiger partial charge in [-0.1, -0.05) is 55.3 Å². The van der Waals surface area contributed by atoms with Gasteiger partial charge in [-0.2, -0.15) is 0 Å². The number of sulfonamides is 1. The van der Waals surface area contributed by atoms with E-state index < -0.39 is 32.7 Å². The number of hydrogen-bond donors (Lipinski definition) is 2. The fraction of sp³-hybridized carbons (Fsp3) is 0.500. The lowest BCUT2D eigenvalue weighted by Crippen LogP contribution is -2.53. The van der Waals surface area contributed by atoms with Gasteiger partial charge in [0.2, 0.25) is 10.0 Å². The number of Topliss-reactive ketones (excluding diaryl/α,β-unsaturated/α-hetero) is 1. The molecule has 2 aromatic rings. The predicted molar refractivity (Wildman–Crippen MR) is 142 cm³/mol. The molecule has 0 radical (unpaired) electrons. The van der Waals surface area contributed by atoms with Gasteiger partial charge in [0.05, 0.1) is 6.04 Å². The Bertz CT molecular complexity index is 1200. The summed E-state index contributed by atoms with van der Waals surface area (Å²) in [5, 5.41) is 8.48. The molecule has 1 unspecified atom stereocenters. The van der Waals surface area contributed by atoms with Gasteiger partial charge in [0.1, 0.15) is 22.5 Å². The van der Waals surface area contributed by atoms with Crippen LogP contribution in [0.1, 0.15) is 87.3 Å². The smallest absolute Gasteiger partial charge is 0.299 e. The summed E-state index contributed by atoms with van der Waals surface area (Å²) in [7, 11) is -3.92. The van der Waals surface area contributed by atoms with Gasteiger partial charge in [-0.15, -0.1) is 0 Å². The van der Waals surface area contributed by atoms with E-state index in [1.54, 1.807) is 39.0 Å². The van der Waals surface area contributed by atoms with Crippen molar-refractivity contribution in [2.24, 2.45) is 4.99 Å². The number of nitrogens with zero attached hydrogens (tertiary/aromatic N) is 1. The van der Waals surface area contributed by atoms with Crippen molar-refractivity contribution in [1.82, 2.24) is 4.72 Å². The zero-order chi connectivity index (χ0) is 27.1. The number of rotatable bonds is 12. The fourth-order valence-corrected chi connectivity index (χ4v) is 6.49. The second-order valence-corrected chi connectivity index (χ2v) is 11.8. The standard InChI is InChI=1S/C28H37FN2O5S/c1-20(33)10-6-4-5-7-11-21-14-16-22(17-15-21)26-28(2,3)36-27(31-37(26,34)35)30-25(18-19-32)23-12-8-9-13-24(23)29/h8-9,12-17,25-26,32H,4-7,10-11,18-19H2,1-3H3,(H,30,31)/t25-,26?/m0/s1. The van der Waals surface area contributed by atoms with E-state index in [2.05, 4.69) is 9.71 Å². The third-order valence-electron chi connectivity index (χ3n) is 6.50. The lowest BCUT2D eigenvalue weighted by Gasteiger charge is -2.39. The van der Waals surface area contributed by atoms with Crippen molar-refractivity contribution in [3.05, 3.63) is 71.0 Å². The summed E-state index contributed by atoms with van der Waals surface area (Å²) in [5.74, 6) is -0.264. The first-order valence-corrected chi connectivity index (χ1v) is 14.3. The summed E-state index contributed by atoms with van der Waals surface area (Å²) in [6.45, 7) is 4.73. The zero-order valence-corrected chi connectivity index (χ0v) is 22.6. The SMILES string of the molecule is CC(=O)CCCCCCc1ccc(C2C(C)(C)OC(=N[C@@H](CCO)c3ccccc3F)NS2(=O)=O)cc1. The Hall–Kier alpha value is -2.78. The second-order valence-electron chi connectivity index (χ2n) is 10.1. The van der Waals surface area contributed by atoms with Crippen LogP contribution in [0, 0.1) is 5.82 Å². The number of carbonyl (C=O) groups excluding carboxylic acids is 1. The Balaban J connectivity index is 1.72. The average Bonchev–Trinajstić information content (AvgIpc) is 2.80. The highest BCUT2D eigenvalue weighted by Crippen LogP contribution is 2.39. The summed E-state index contributed by atoms with van der Waals surface area (Å²) in [5.41, 5.74) is 0.818. The molecule has 1 aliphatic heterocycles. The first kappa shape index (κ1) is 28.8. The van der Waals surface area contributed by atoms with E-state index in [9.17, 15) is 22.7 Å². The Labute approximate surface area is 219 Å². The molecule has 1 fully saturated rings. The normalized spacial score (nSPS) is 20.1. The Kier molecular flexibility index (Phi) is 9.84. The van der Waals surface area contributed by atoms with Gasteiger partial charge in [-0.3, -0.25) is 0 Å². The molecule has 0 bridgehead atoms. The molecule has 1 aliphatic rings. The van der Waals surface area contributed by atoms with E-state index in [1.165, 1.54) is 6.07 Å². The molecule has 7 nitrogen and oxygen atoms in total. The molecule has 0 saturated carbocycles. The third kappa shape index (κ3) is 7.85. The summed E-state index contributed by atoms with van der Waals surface area (Å²) < 4.78 is 49.4. The van der Waals surface area contributed by atoms with Crippen LogP contribution >= 0.6 is 0 Å². The van der Waals surface area contributed by atoms with E-state index in [0.717, 1.165) is 37.7 Å². The van der Waals surface area contributed by atoms with Crippen LogP contribution in [-0.2, 0) is 26.0 Å². The quantitative estimate of drug-likeness (QED) is 0.368. The van der Waals surface area contributed by atoms with Crippen LogP contribution < -0.4 is 4.72 Å². The van der Waals surface area contributed by atoms with Crippen molar-refractivity contribution in [2.45, 2.75) is 82.6 Å². The molecular weight excluding hydrogens is 495 g/mol. The van der Waals surface area contributed by atoms with Gasteiger partial charge in [0.15, 0.2) is 0 Å². The van der Waals surface area contributed by atoms with E-state index in [1.807, 2.05) is 24.3 Å². The van der Waals surface area contributed by atoms with Crippen LogP contribution in [0.2, 0.25) is 0 Å². The van der Waals surface area contributed by atoms with Crippen molar-refractivity contribution in [3.63, 3.8) is 0 Å². The predicted octanol–water partition coefficient (Wildman–Crippen LogP) is 5.16. The number of carbonyl (C=O) groups is 1. The minimum atomic E-state index is -3.92. The molecule has 2 N–H and O–H groups in total. The highest BCUT2D eigenvalue weighted by molar-refractivity contribution is 7.90. The highest BCUT2D eigenvalue weighted by atomic mass is 32.2. The maximum atomic E-state index is 14.4. The monoisotopic (exact) mass is 532 g/mol. The maximum Gasteiger partial charge on any atom is 0.299 e. The number of halogens is 1. The van der Waals surface area contributed by atoms with Crippen molar-refractivity contribution in [3.8, 4) is 0 Å².